The number of anilines is 1. The highest BCUT2D eigenvalue weighted by Gasteiger charge is 2.19. The summed E-state index contributed by atoms with van der Waals surface area (Å²) >= 11 is 2.05. The predicted molar refractivity (Wildman–Crippen MR) is 75.9 cm³/mol. The Morgan fingerprint density at radius 1 is 1.59 bits per heavy atom. The Bertz CT molecular complexity index is 381. The van der Waals surface area contributed by atoms with Crippen molar-refractivity contribution in [1.82, 2.24) is 10.3 Å². The quantitative estimate of drug-likeness (QED) is 0.890. The Morgan fingerprint density at radius 3 is 3.06 bits per heavy atom. The van der Waals surface area contributed by atoms with Crippen LogP contribution in [0.1, 0.15) is 18.1 Å². The maximum absolute atomic E-state index is 4.63. The predicted octanol–water partition coefficient (Wildman–Crippen LogP) is 2.05. The lowest BCUT2D eigenvalue weighted by atomic mass is 10.2. The Labute approximate surface area is 108 Å². The molecule has 4 heteroatoms. The molecule has 94 valence electrons. The molecule has 1 saturated heterocycles. The van der Waals surface area contributed by atoms with Gasteiger partial charge >= 0.3 is 0 Å². The normalized spacial score (nSPS) is 20.6. The molecular formula is C13H21N3S. The number of rotatable bonds is 3. The lowest BCUT2D eigenvalue weighted by Crippen LogP contribution is -2.37. The van der Waals surface area contributed by atoms with Crippen LogP contribution >= 0.6 is 11.8 Å². The number of hydrogen-bond acceptors (Lipinski definition) is 4. The standard InChI is InChI=1S/C13H21N3S/c1-10-6-12(7-14-3)8-15-13(10)16-4-5-17-11(2)9-16/h6,8,11,14H,4-5,7,9H2,1-3H3. The van der Waals surface area contributed by atoms with Gasteiger partial charge in [-0.25, -0.2) is 4.98 Å². The van der Waals surface area contributed by atoms with E-state index in [0.717, 1.165) is 25.5 Å². The maximum Gasteiger partial charge on any atom is 0.131 e. The van der Waals surface area contributed by atoms with Gasteiger partial charge in [0, 0.05) is 36.8 Å². The van der Waals surface area contributed by atoms with Gasteiger partial charge in [0.25, 0.3) is 0 Å². The van der Waals surface area contributed by atoms with Crippen molar-refractivity contribution in [2.75, 3.05) is 30.8 Å². The highest BCUT2D eigenvalue weighted by Crippen LogP contribution is 2.25. The van der Waals surface area contributed by atoms with Gasteiger partial charge in [-0.1, -0.05) is 6.92 Å². The first-order chi connectivity index (χ1) is 8.20. The van der Waals surface area contributed by atoms with Crippen molar-refractivity contribution < 1.29 is 0 Å². The zero-order valence-corrected chi connectivity index (χ0v) is 11.7. The molecule has 0 radical (unpaired) electrons. The third-order valence-corrected chi connectivity index (χ3v) is 4.17. The molecule has 0 aliphatic carbocycles. The average Bonchev–Trinajstić information content (AvgIpc) is 2.29. The zero-order chi connectivity index (χ0) is 12.3. The molecule has 1 aliphatic rings. The fourth-order valence-corrected chi connectivity index (χ4v) is 3.28. The third-order valence-electron chi connectivity index (χ3n) is 3.03. The number of aromatic nitrogens is 1. The molecule has 2 heterocycles. The first-order valence-corrected chi connectivity index (χ1v) is 7.22. The van der Waals surface area contributed by atoms with E-state index in [0.29, 0.717) is 5.25 Å². The van der Waals surface area contributed by atoms with Gasteiger partial charge in [0.05, 0.1) is 0 Å². The second-order valence-corrected chi connectivity index (χ2v) is 6.19. The van der Waals surface area contributed by atoms with Crippen molar-refractivity contribution in [3.05, 3.63) is 23.4 Å². The van der Waals surface area contributed by atoms with Crippen molar-refractivity contribution in [3.63, 3.8) is 0 Å². The minimum absolute atomic E-state index is 0.710. The molecule has 0 aromatic carbocycles. The number of nitrogens with zero attached hydrogens (tertiary/aromatic N) is 2. The summed E-state index contributed by atoms with van der Waals surface area (Å²) in [6.07, 6.45) is 1.99. The Kier molecular flexibility index (Phi) is 4.29. The minimum Gasteiger partial charge on any atom is -0.354 e. The average molecular weight is 251 g/mol. The van der Waals surface area contributed by atoms with E-state index in [2.05, 4.69) is 46.9 Å². The minimum atomic E-state index is 0.710. The van der Waals surface area contributed by atoms with Gasteiger partial charge < -0.3 is 10.2 Å². The molecule has 1 unspecified atom stereocenters. The molecule has 17 heavy (non-hydrogen) atoms. The fraction of sp³-hybridized carbons (Fsp3) is 0.615. The van der Waals surface area contributed by atoms with E-state index < -0.39 is 0 Å². The van der Waals surface area contributed by atoms with E-state index in [1.165, 1.54) is 16.9 Å². The smallest absolute Gasteiger partial charge is 0.131 e. The van der Waals surface area contributed by atoms with Crippen LogP contribution in [-0.4, -0.2) is 36.1 Å². The maximum atomic E-state index is 4.63. The van der Waals surface area contributed by atoms with Crippen LogP contribution < -0.4 is 10.2 Å². The van der Waals surface area contributed by atoms with E-state index >= 15 is 0 Å². The molecule has 1 atom stereocenters. The SMILES string of the molecule is CNCc1cnc(N2CCSC(C)C2)c(C)c1. The number of nitrogens with one attached hydrogen (secondary N) is 1. The highest BCUT2D eigenvalue weighted by atomic mass is 32.2. The fourth-order valence-electron chi connectivity index (χ4n) is 2.27. The molecule has 1 aliphatic heterocycles. The number of pyridine rings is 1. The Balaban J connectivity index is 2.15. The number of thioether (sulfide) groups is 1. The Hall–Kier alpha value is -0.740. The van der Waals surface area contributed by atoms with Gasteiger partial charge in [-0.2, -0.15) is 11.8 Å². The number of aryl methyl sites for hydroxylation is 1. The summed E-state index contributed by atoms with van der Waals surface area (Å²) in [5.74, 6) is 2.37. The van der Waals surface area contributed by atoms with Crippen LogP contribution in [0.25, 0.3) is 0 Å². The first kappa shape index (κ1) is 12.7. The van der Waals surface area contributed by atoms with Crippen LogP contribution in [0, 0.1) is 6.92 Å². The van der Waals surface area contributed by atoms with Crippen LogP contribution in [-0.2, 0) is 6.54 Å². The van der Waals surface area contributed by atoms with Gasteiger partial charge in [-0.3, -0.25) is 0 Å². The molecule has 0 amide bonds. The largest absolute Gasteiger partial charge is 0.354 e. The van der Waals surface area contributed by atoms with Crippen molar-refractivity contribution in [2.24, 2.45) is 0 Å². The second kappa shape index (κ2) is 5.74. The van der Waals surface area contributed by atoms with Crippen molar-refractivity contribution in [3.8, 4) is 0 Å². The molecule has 1 N–H and O–H groups in total. The summed E-state index contributed by atoms with van der Waals surface area (Å²) in [7, 11) is 1.97. The topological polar surface area (TPSA) is 28.2 Å². The molecule has 1 aromatic rings. The lowest BCUT2D eigenvalue weighted by Gasteiger charge is -2.32. The Morgan fingerprint density at radius 2 is 2.41 bits per heavy atom. The molecule has 0 spiro atoms. The first-order valence-electron chi connectivity index (χ1n) is 6.17. The molecule has 2 rings (SSSR count). The van der Waals surface area contributed by atoms with Gasteiger partial charge in [-0.05, 0) is 31.2 Å². The van der Waals surface area contributed by atoms with Crippen LogP contribution in [0.4, 0.5) is 5.82 Å². The van der Waals surface area contributed by atoms with Gasteiger partial charge in [0.15, 0.2) is 0 Å². The van der Waals surface area contributed by atoms with Crippen LogP contribution in [0.2, 0.25) is 0 Å². The van der Waals surface area contributed by atoms with Crippen molar-refractivity contribution >= 4 is 17.6 Å². The summed E-state index contributed by atoms with van der Waals surface area (Å²) in [6.45, 7) is 7.58. The van der Waals surface area contributed by atoms with Crippen LogP contribution in [0.5, 0.6) is 0 Å². The molecular weight excluding hydrogens is 230 g/mol. The monoisotopic (exact) mass is 251 g/mol. The van der Waals surface area contributed by atoms with Crippen molar-refractivity contribution in [1.29, 1.82) is 0 Å². The summed E-state index contributed by atoms with van der Waals surface area (Å²) in [6, 6.07) is 2.24. The van der Waals surface area contributed by atoms with E-state index in [1.54, 1.807) is 0 Å². The third kappa shape index (κ3) is 3.13. The molecule has 1 aromatic heterocycles. The second-order valence-electron chi connectivity index (χ2n) is 4.64. The van der Waals surface area contributed by atoms with E-state index in [1.807, 2.05) is 13.2 Å². The van der Waals surface area contributed by atoms with Crippen molar-refractivity contribution in [2.45, 2.75) is 25.6 Å². The van der Waals surface area contributed by atoms with Gasteiger partial charge in [-0.15, -0.1) is 0 Å². The molecule has 3 nitrogen and oxygen atoms in total. The zero-order valence-electron chi connectivity index (χ0n) is 10.9. The van der Waals surface area contributed by atoms with Gasteiger partial charge in [0.1, 0.15) is 5.82 Å². The highest BCUT2D eigenvalue weighted by molar-refractivity contribution is 8.00. The van der Waals surface area contributed by atoms with E-state index in [-0.39, 0.29) is 0 Å². The summed E-state index contributed by atoms with van der Waals surface area (Å²) in [5.41, 5.74) is 2.55. The van der Waals surface area contributed by atoms with Crippen LogP contribution in [0.15, 0.2) is 12.3 Å². The summed E-state index contributed by atoms with van der Waals surface area (Å²) < 4.78 is 0. The van der Waals surface area contributed by atoms with Crippen LogP contribution in [0.3, 0.4) is 0 Å². The van der Waals surface area contributed by atoms with E-state index in [9.17, 15) is 0 Å². The molecule has 0 saturated carbocycles. The molecule has 1 fully saturated rings. The van der Waals surface area contributed by atoms with E-state index in [4.69, 9.17) is 0 Å². The lowest BCUT2D eigenvalue weighted by molar-refractivity contribution is 0.761. The summed E-state index contributed by atoms with van der Waals surface area (Å²) in [4.78, 5) is 7.05. The molecule has 0 bridgehead atoms. The number of hydrogen-bond donors (Lipinski definition) is 1. The summed E-state index contributed by atoms with van der Waals surface area (Å²) in [5, 5.41) is 3.87. The van der Waals surface area contributed by atoms with Gasteiger partial charge in [0.2, 0.25) is 0 Å².